The number of aryl methyl sites for hydroxylation is 2. The number of aromatic amines is 1. The first-order chi connectivity index (χ1) is 16.8. The highest BCUT2D eigenvalue weighted by Crippen LogP contribution is 2.26. The third-order valence-electron chi connectivity index (χ3n) is 6.76. The van der Waals surface area contributed by atoms with Gasteiger partial charge in [0.25, 0.3) is 21.5 Å². The van der Waals surface area contributed by atoms with Crippen molar-refractivity contribution in [2.24, 2.45) is 0 Å². The molecular formula is C26H33N5O4S. The molecule has 1 atom stereocenters. The Morgan fingerprint density at radius 1 is 1.06 bits per heavy atom. The van der Waals surface area contributed by atoms with Gasteiger partial charge in [-0.3, -0.25) is 19.5 Å². The van der Waals surface area contributed by atoms with E-state index < -0.39 is 21.2 Å². The van der Waals surface area contributed by atoms with Gasteiger partial charge in [0.15, 0.2) is 0 Å². The van der Waals surface area contributed by atoms with Gasteiger partial charge in [-0.2, -0.15) is 0 Å². The summed E-state index contributed by atoms with van der Waals surface area (Å²) in [5.74, 6) is -0.520. The lowest BCUT2D eigenvalue weighted by molar-refractivity contribution is 0.00440. The fourth-order valence-electron chi connectivity index (χ4n) is 4.10. The van der Waals surface area contributed by atoms with Crippen LogP contribution in [-0.2, 0) is 10.0 Å². The largest absolute Gasteiger partial charge is 0.324 e. The molecule has 2 N–H and O–H groups in total. The van der Waals surface area contributed by atoms with Crippen LogP contribution in [0.2, 0.25) is 0 Å². The van der Waals surface area contributed by atoms with Crippen LogP contribution < -0.4 is 10.3 Å². The molecule has 0 bridgehead atoms. The van der Waals surface area contributed by atoms with Crippen LogP contribution in [0.5, 0.6) is 0 Å². The Bertz CT molecular complexity index is 1430. The van der Waals surface area contributed by atoms with Crippen molar-refractivity contribution in [2.45, 2.75) is 44.7 Å². The van der Waals surface area contributed by atoms with Gasteiger partial charge in [0.1, 0.15) is 0 Å². The molecule has 2 aromatic carbocycles. The van der Waals surface area contributed by atoms with Crippen molar-refractivity contribution in [1.82, 2.24) is 19.8 Å². The number of benzene rings is 2. The molecule has 3 rings (SSSR count). The first-order valence-electron chi connectivity index (χ1n) is 11.6. The summed E-state index contributed by atoms with van der Waals surface area (Å²) < 4.78 is 28.7. The lowest BCUT2D eigenvalue weighted by Crippen LogP contribution is -2.56. The summed E-state index contributed by atoms with van der Waals surface area (Å²) in [6, 6.07) is 12.8. The Morgan fingerprint density at radius 2 is 1.67 bits per heavy atom. The van der Waals surface area contributed by atoms with Crippen molar-refractivity contribution in [2.75, 3.05) is 25.9 Å². The van der Waals surface area contributed by atoms with Gasteiger partial charge in [0.05, 0.1) is 16.3 Å². The summed E-state index contributed by atoms with van der Waals surface area (Å²) >= 11 is 0. The quantitative estimate of drug-likeness (QED) is 0.447. The average molecular weight is 512 g/mol. The molecule has 3 aromatic rings. The fraction of sp³-hybridized carbons (Fsp3) is 0.346. The number of rotatable bonds is 8. The average Bonchev–Trinajstić information content (AvgIpc) is 2.81. The molecule has 192 valence electrons. The Balaban J connectivity index is 1.96. The predicted molar refractivity (Wildman–Crippen MR) is 141 cm³/mol. The molecule has 1 heterocycles. The molecule has 0 saturated carbocycles. The van der Waals surface area contributed by atoms with Crippen LogP contribution in [-0.4, -0.2) is 60.9 Å². The van der Waals surface area contributed by atoms with Crippen LogP contribution in [0.25, 0.3) is 11.3 Å². The van der Waals surface area contributed by atoms with Gasteiger partial charge in [0.2, 0.25) is 5.95 Å². The number of aromatic nitrogens is 2. The van der Waals surface area contributed by atoms with Crippen LogP contribution in [0.4, 0.5) is 5.95 Å². The SMILES string of the molecule is CCC(C)(N(C)C)N(C)C(=O)c1cccc(S(=O)(=O)Nc2nc(-c3c(C)cccc3C)cc(=O)[nH]2)c1. The summed E-state index contributed by atoms with van der Waals surface area (Å²) in [5.41, 5.74) is 2.13. The van der Waals surface area contributed by atoms with Gasteiger partial charge < -0.3 is 4.90 Å². The van der Waals surface area contributed by atoms with Gasteiger partial charge in [0, 0.05) is 24.2 Å². The van der Waals surface area contributed by atoms with E-state index in [9.17, 15) is 18.0 Å². The van der Waals surface area contributed by atoms with Crippen molar-refractivity contribution < 1.29 is 13.2 Å². The highest BCUT2D eigenvalue weighted by Gasteiger charge is 2.33. The summed E-state index contributed by atoms with van der Waals surface area (Å²) in [7, 11) is 1.32. The van der Waals surface area contributed by atoms with Gasteiger partial charge in [-0.05, 0) is 70.6 Å². The molecule has 0 fully saturated rings. The fourth-order valence-corrected chi connectivity index (χ4v) is 5.11. The smallest absolute Gasteiger partial charge is 0.264 e. The minimum atomic E-state index is -4.15. The van der Waals surface area contributed by atoms with Crippen LogP contribution in [0.1, 0.15) is 41.8 Å². The van der Waals surface area contributed by atoms with Crippen LogP contribution >= 0.6 is 0 Å². The van der Waals surface area contributed by atoms with E-state index in [1.807, 2.05) is 64.9 Å². The number of sulfonamides is 1. The second kappa shape index (κ2) is 10.2. The van der Waals surface area contributed by atoms with Crippen LogP contribution in [0.3, 0.4) is 0 Å². The maximum absolute atomic E-state index is 13.2. The van der Waals surface area contributed by atoms with E-state index in [-0.39, 0.29) is 22.3 Å². The van der Waals surface area contributed by atoms with E-state index in [0.29, 0.717) is 12.1 Å². The lowest BCUT2D eigenvalue weighted by Gasteiger charge is -2.43. The van der Waals surface area contributed by atoms with Gasteiger partial charge in [-0.15, -0.1) is 0 Å². The topological polar surface area (TPSA) is 115 Å². The minimum Gasteiger partial charge on any atom is -0.324 e. The van der Waals surface area contributed by atoms with E-state index in [4.69, 9.17) is 0 Å². The zero-order valence-corrected chi connectivity index (χ0v) is 22.5. The predicted octanol–water partition coefficient (Wildman–Crippen LogP) is 3.61. The van der Waals surface area contributed by atoms with Crippen molar-refractivity contribution in [3.05, 3.63) is 75.6 Å². The number of nitrogens with one attached hydrogen (secondary N) is 2. The van der Waals surface area contributed by atoms with Crippen molar-refractivity contribution >= 4 is 21.9 Å². The molecule has 0 spiro atoms. The summed E-state index contributed by atoms with van der Waals surface area (Å²) in [6.07, 6.45) is 0.678. The molecule has 0 saturated heterocycles. The highest BCUT2D eigenvalue weighted by molar-refractivity contribution is 7.92. The molecule has 1 unspecified atom stereocenters. The molecule has 1 amide bonds. The third kappa shape index (κ3) is 5.34. The number of amides is 1. The zero-order valence-electron chi connectivity index (χ0n) is 21.7. The second-order valence-corrected chi connectivity index (χ2v) is 10.9. The standard InChI is InChI=1S/C26H33N5O4S/c1-8-26(4,30(5)6)31(7)24(33)19-13-10-14-20(15-19)36(34,35)29-25-27-21(16-22(32)28-25)23-17(2)11-9-12-18(23)3/h9-16H,8H2,1-7H3,(H2,27,28,29,32). The normalized spacial score (nSPS) is 13.3. The van der Waals surface area contributed by atoms with E-state index >= 15 is 0 Å². The Kier molecular flexibility index (Phi) is 7.70. The van der Waals surface area contributed by atoms with Crippen molar-refractivity contribution in [1.29, 1.82) is 0 Å². The first kappa shape index (κ1) is 27.1. The van der Waals surface area contributed by atoms with Gasteiger partial charge in [-0.1, -0.05) is 31.2 Å². The van der Waals surface area contributed by atoms with E-state index in [2.05, 4.69) is 14.7 Å². The lowest BCUT2D eigenvalue weighted by atomic mass is 10.00. The number of nitrogens with zero attached hydrogens (tertiary/aromatic N) is 3. The number of hydrogen-bond donors (Lipinski definition) is 2. The minimum absolute atomic E-state index is 0.120. The Morgan fingerprint density at radius 3 is 2.25 bits per heavy atom. The number of hydrogen-bond acceptors (Lipinski definition) is 6. The number of H-pyrrole nitrogens is 1. The monoisotopic (exact) mass is 511 g/mol. The van der Waals surface area contributed by atoms with Gasteiger partial charge in [-0.25, -0.2) is 18.1 Å². The molecular weight excluding hydrogens is 478 g/mol. The van der Waals surface area contributed by atoms with Gasteiger partial charge >= 0.3 is 0 Å². The molecule has 0 aliphatic heterocycles. The Hall–Kier alpha value is -3.50. The maximum atomic E-state index is 13.2. The highest BCUT2D eigenvalue weighted by atomic mass is 32.2. The number of carbonyl (C=O) groups excluding carboxylic acids is 1. The zero-order chi connectivity index (χ0) is 26.8. The van der Waals surface area contributed by atoms with E-state index in [0.717, 1.165) is 16.7 Å². The molecule has 1 aromatic heterocycles. The molecule has 0 aliphatic carbocycles. The molecule has 0 radical (unpaired) electrons. The molecule has 36 heavy (non-hydrogen) atoms. The summed E-state index contributed by atoms with van der Waals surface area (Å²) in [6.45, 7) is 7.72. The van der Waals surface area contributed by atoms with Crippen LogP contribution in [0, 0.1) is 13.8 Å². The molecule has 0 aliphatic rings. The summed E-state index contributed by atoms with van der Waals surface area (Å²) in [5, 5.41) is 0. The third-order valence-corrected chi connectivity index (χ3v) is 8.10. The van der Waals surface area contributed by atoms with Crippen molar-refractivity contribution in [3.8, 4) is 11.3 Å². The molecule has 9 nitrogen and oxygen atoms in total. The first-order valence-corrected chi connectivity index (χ1v) is 13.0. The van der Waals surface area contributed by atoms with E-state index in [1.54, 1.807) is 18.0 Å². The second-order valence-electron chi connectivity index (χ2n) is 9.21. The Labute approximate surface area is 212 Å². The van der Waals surface area contributed by atoms with E-state index in [1.165, 1.54) is 24.3 Å². The van der Waals surface area contributed by atoms with Crippen molar-refractivity contribution in [3.63, 3.8) is 0 Å². The molecule has 10 heteroatoms. The summed E-state index contributed by atoms with van der Waals surface area (Å²) in [4.78, 5) is 35.8. The number of anilines is 1. The maximum Gasteiger partial charge on any atom is 0.264 e. The van der Waals surface area contributed by atoms with Crippen LogP contribution in [0.15, 0.2) is 58.2 Å². The number of carbonyl (C=O) groups is 1.